The van der Waals surface area contributed by atoms with Crippen molar-refractivity contribution in [3.8, 4) is 17.2 Å². The lowest BCUT2D eigenvalue weighted by atomic mass is 10.2. The van der Waals surface area contributed by atoms with Gasteiger partial charge in [0, 0.05) is 30.3 Å². The van der Waals surface area contributed by atoms with E-state index in [4.69, 9.17) is 9.15 Å². The summed E-state index contributed by atoms with van der Waals surface area (Å²) in [7, 11) is 1.55. The number of amides is 2. The minimum Gasteiger partial charge on any atom is -0.494 e. The molecule has 0 unspecified atom stereocenters. The van der Waals surface area contributed by atoms with Gasteiger partial charge in [-0.25, -0.2) is 4.98 Å². The van der Waals surface area contributed by atoms with Gasteiger partial charge in [-0.3, -0.25) is 9.59 Å². The molecule has 3 aromatic rings. The van der Waals surface area contributed by atoms with Crippen LogP contribution in [0.15, 0.2) is 59.2 Å². The Kier molecular flexibility index (Phi) is 5.29. The number of carbonyl (C=O) groups is 2. The van der Waals surface area contributed by atoms with E-state index in [1.807, 2.05) is 30.3 Å². The molecule has 1 aliphatic heterocycles. The highest BCUT2D eigenvalue weighted by Crippen LogP contribution is 2.33. The molecule has 148 valence electrons. The Morgan fingerprint density at radius 3 is 2.79 bits per heavy atom. The number of nitrogens with zero attached hydrogens (tertiary/aromatic N) is 2. The molecule has 0 aliphatic carbocycles. The van der Waals surface area contributed by atoms with Crippen molar-refractivity contribution in [1.82, 2.24) is 4.98 Å². The third-order valence-electron chi connectivity index (χ3n) is 4.74. The largest absolute Gasteiger partial charge is 0.494 e. The first-order valence-corrected chi connectivity index (χ1v) is 9.42. The van der Waals surface area contributed by atoms with Gasteiger partial charge in [0.2, 0.25) is 17.7 Å². The smallest absolute Gasteiger partial charge is 0.230 e. The second-order valence-corrected chi connectivity index (χ2v) is 6.77. The van der Waals surface area contributed by atoms with E-state index in [0.717, 1.165) is 17.7 Å². The molecular formula is C22H21N3O4. The first-order valence-electron chi connectivity index (χ1n) is 9.42. The van der Waals surface area contributed by atoms with Gasteiger partial charge < -0.3 is 19.4 Å². The molecule has 1 fully saturated rings. The van der Waals surface area contributed by atoms with Crippen molar-refractivity contribution in [3.05, 3.63) is 60.5 Å². The van der Waals surface area contributed by atoms with E-state index in [1.165, 1.54) is 6.26 Å². The molecule has 2 amide bonds. The van der Waals surface area contributed by atoms with E-state index in [0.29, 0.717) is 36.0 Å². The molecule has 1 saturated heterocycles. The molecule has 7 nitrogen and oxygen atoms in total. The molecule has 4 rings (SSSR count). The third-order valence-corrected chi connectivity index (χ3v) is 4.74. The van der Waals surface area contributed by atoms with Crippen LogP contribution in [0.1, 0.15) is 18.5 Å². The van der Waals surface area contributed by atoms with Crippen LogP contribution in [0.5, 0.6) is 5.75 Å². The Bertz CT molecular complexity index is 1030. The Balaban J connectivity index is 1.43. The lowest BCUT2D eigenvalue weighted by molar-refractivity contribution is -0.117. The summed E-state index contributed by atoms with van der Waals surface area (Å²) in [5.74, 6) is 0.894. The number of rotatable bonds is 6. The highest BCUT2D eigenvalue weighted by Gasteiger charge is 2.24. The van der Waals surface area contributed by atoms with Crippen molar-refractivity contribution in [2.75, 3.05) is 23.9 Å². The maximum Gasteiger partial charge on any atom is 0.230 e. The zero-order chi connectivity index (χ0) is 20.2. The molecule has 2 heterocycles. The van der Waals surface area contributed by atoms with Crippen LogP contribution in [0.4, 0.5) is 11.4 Å². The molecular weight excluding hydrogens is 370 g/mol. The summed E-state index contributed by atoms with van der Waals surface area (Å²) in [6.45, 7) is 0.677. The number of methoxy groups -OCH3 is 1. The number of hydrogen-bond donors (Lipinski definition) is 1. The van der Waals surface area contributed by atoms with Gasteiger partial charge in [0.05, 0.1) is 24.9 Å². The fourth-order valence-corrected chi connectivity index (χ4v) is 3.35. The quantitative estimate of drug-likeness (QED) is 0.693. The van der Waals surface area contributed by atoms with E-state index < -0.39 is 0 Å². The van der Waals surface area contributed by atoms with Crippen molar-refractivity contribution in [3.63, 3.8) is 0 Å². The Hall–Kier alpha value is -3.61. The van der Waals surface area contributed by atoms with Crippen LogP contribution in [-0.2, 0) is 16.0 Å². The second kappa shape index (κ2) is 8.18. The molecule has 0 spiro atoms. The van der Waals surface area contributed by atoms with Gasteiger partial charge in [-0.1, -0.05) is 18.2 Å². The first kappa shape index (κ1) is 18.7. The number of anilines is 2. The van der Waals surface area contributed by atoms with Gasteiger partial charge in [0.25, 0.3) is 0 Å². The van der Waals surface area contributed by atoms with Crippen molar-refractivity contribution >= 4 is 23.2 Å². The predicted molar refractivity (Wildman–Crippen MR) is 109 cm³/mol. The van der Waals surface area contributed by atoms with Crippen LogP contribution in [-0.4, -0.2) is 30.5 Å². The zero-order valence-corrected chi connectivity index (χ0v) is 16.1. The third kappa shape index (κ3) is 4.13. The summed E-state index contributed by atoms with van der Waals surface area (Å²) < 4.78 is 10.9. The molecule has 0 saturated carbocycles. The highest BCUT2D eigenvalue weighted by molar-refractivity contribution is 5.98. The predicted octanol–water partition coefficient (Wildman–Crippen LogP) is 3.66. The van der Waals surface area contributed by atoms with Gasteiger partial charge in [-0.2, -0.15) is 0 Å². The van der Waals surface area contributed by atoms with Crippen molar-refractivity contribution in [2.45, 2.75) is 19.3 Å². The summed E-state index contributed by atoms with van der Waals surface area (Å²) in [6.07, 6.45) is 2.96. The van der Waals surface area contributed by atoms with E-state index in [2.05, 4.69) is 10.3 Å². The molecule has 1 aromatic heterocycles. The van der Waals surface area contributed by atoms with Gasteiger partial charge in [0.15, 0.2) is 0 Å². The minimum atomic E-state index is -0.218. The lowest BCUT2D eigenvalue weighted by Crippen LogP contribution is -2.24. The minimum absolute atomic E-state index is 0.0836. The maximum absolute atomic E-state index is 12.4. The number of carbonyl (C=O) groups excluding carboxylic acids is 2. The van der Waals surface area contributed by atoms with Crippen molar-refractivity contribution in [1.29, 1.82) is 0 Å². The van der Waals surface area contributed by atoms with Gasteiger partial charge in [-0.15, -0.1) is 0 Å². The van der Waals surface area contributed by atoms with E-state index in [1.54, 1.807) is 30.2 Å². The lowest BCUT2D eigenvalue weighted by Gasteiger charge is -2.19. The number of nitrogens with one attached hydrogen (secondary N) is 1. The average Bonchev–Trinajstić information content (AvgIpc) is 3.37. The summed E-state index contributed by atoms with van der Waals surface area (Å²) in [5, 5.41) is 2.84. The number of hydrogen-bond acceptors (Lipinski definition) is 5. The molecule has 1 N–H and O–H groups in total. The van der Waals surface area contributed by atoms with E-state index >= 15 is 0 Å². The first-order chi connectivity index (χ1) is 14.1. The summed E-state index contributed by atoms with van der Waals surface area (Å²) in [4.78, 5) is 30.5. The Morgan fingerprint density at radius 1 is 1.24 bits per heavy atom. The fourth-order valence-electron chi connectivity index (χ4n) is 3.35. The SMILES string of the molecule is COc1cc(NC(=O)Cc2coc(-c3ccccc3)n2)ccc1N1CCCC1=O. The Morgan fingerprint density at radius 2 is 2.07 bits per heavy atom. The normalized spacial score (nSPS) is 13.6. The van der Waals surface area contributed by atoms with Crippen molar-refractivity contribution < 1.29 is 18.7 Å². The molecule has 0 atom stereocenters. The van der Waals surface area contributed by atoms with Crippen LogP contribution < -0.4 is 15.0 Å². The number of aromatic nitrogens is 1. The summed E-state index contributed by atoms with van der Waals surface area (Å²) in [5.41, 5.74) is 2.72. The van der Waals surface area contributed by atoms with Crippen LogP contribution >= 0.6 is 0 Å². The van der Waals surface area contributed by atoms with Crippen molar-refractivity contribution in [2.24, 2.45) is 0 Å². The van der Waals surface area contributed by atoms with Gasteiger partial charge in [-0.05, 0) is 30.7 Å². The molecule has 0 radical (unpaired) electrons. The topological polar surface area (TPSA) is 84.7 Å². The standard InChI is InChI=1S/C22H21N3O4/c1-28-19-12-16(9-10-18(19)25-11-5-8-21(25)27)23-20(26)13-17-14-29-22(24-17)15-6-3-2-4-7-15/h2-4,6-7,9-10,12,14H,5,8,11,13H2,1H3,(H,23,26). The van der Waals surface area contributed by atoms with Gasteiger partial charge >= 0.3 is 0 Å². The van der Waals surface area contributed by atoms with Gasteiger partial charge in [0.1, 0.15) is 12.0 Å². The molecule has 29 heavy (non-hydrogen) atoms. The number of benzene rings is 2. The van der Waals surface area contributed by atoms with Crippen LogP contribution in [0, 0.1) is 0 Å². The maximum atomic E-state index is 12.4. The number of oxazole rings is 1. The van der Waals surface area contributed by atoms with E-state index in [-0.39, 0.29) is 18.2 Å². The molecule has 1 aliphatic rings. The summed E-state index contributed by atoms with van der Waals surface area (Å²) in [6, 6.07) is 14.8. The zero-order valence-electron chi connectivity index (χ0n) is 16.1. The van der Waals surface area contributed by atoms with Crippen LogP contribution in [0.2, 0.25) is 0 Å². The number of ether oxygens (including phenoxy) is 1. The average molecular weight is 391 g/mol. The van der Waals surface area contributed by atoms with Crippen LogP contribution in [0.25, 0.3) is 11.5 Å². The molecule has 2 aromatic carbocycles. The summed E-state index contributed by atoms with van der Waals surface area (Å²) >= 11 is 0. The highest BCUT2D eigenvalue weighted by atomic mass is 16.5. The fraction of sp³-hybridized carbons (Fsp3) is 0.227. The molecule has 7 heteroatoms. The molecule has 0 bridgehead atoms. The van der Waals surface area contributed by atoms with E-state index in [9.17, 15) is 9.59 Å². The van der Waals surface area contributed by atoms with Crippen LogP contribution in [0.3, 0.4) is 0 Å². The monoisotopic (exact) mass is 391 g/mol. The second-order valence-electron chi connectivity index (χ2n) is 6.77. The Labute approximate surface area is 168 Å².